The van der Waals surface area contributed by atoms with Crippen LogP contribution >= 0.6 is 0 Å². The molecule has 1 aliphatic rings. The number of amides is 2. The summed E-state index contributed by atoms with van der Waals surface area (Å²) in [5.41, 5.74) is -0.133. The van der Waals surface area contributed by atoms with Gasteiger partial charge in [0.25, 0.3) is 0 Å². The molecule has 2 amide bonds. The first-order valence-electron chi connectivity index (χ1n) is 6.56. The van der Waals surface area contributed by atoms with Crippen molar-refractivity contribution in [3.63, 3.8) is 0 Å². The van der Waals surface area contributed by atoms with Crippen LogP contribution < -0.4 is 5.32 Å². The maximum absolute atomic E-state index is 13.2. The molecule has 0 radical (unpaired) electrons. The van der Waals surface area contributed by atoms with Gasteiger partial charge in [-0.3, -0.25) is 0 Å². The van der Waals surface area contributed by atoms with E-state index in [1.54, 1.807) is 4.90 Å². The van der Waals surface area contributed by atoms with E-state index in [9.17, 15) is 14.0 Å². The molecule has 0 unspecified atom stereocenters. The highest BCUT2D eigenvalue weighted by Gasteiger charge is 2.22. The lowest BCUT2D eigenvalue weighted by Crippen LogP contribution is -2.40. The van der Waals surface area contributed by atoms with Crippen LogP contribution in [0, 0.1) is 11.7 Å². The Balaban J connectivity index is 2.11. The number of carboxylic acid groups (broad SMARTS) is 1. The predicted octanol–water partition coefficient (Wildman–Crippen LogP) is 2.79. The molecular formula is C14H17FN2O3. The molecule has 0 aliphatic carbocycles. The standard InChI is InChI=1S/C14H17FN2O3/c1-9-4-6-17(7-5-9)14(20)16-12-8-10(15)2-3-11(12)13(18)19/h2-3,8-9H,4-7H2,1H3,(H,16,20)(H,18,19). The lowest BCUT2D eigenvalue weighted by molar-refractivity contribution is 0.0698. The summed E-state index contributed by atoms with van der Waals surface area (Å²) in [4.78, 5) is 24.7. The number of nitrogens with one attached hydrogen (secondary N) is 1. The van der Waals surface area contributed by atoms with Gasteiger partial charge in [-0.1, -0.05) is 6.92 Å². The first kappa shape index (κ1) is 14.3. The Bertz CT molecular complexity index is 525. The minimum atomic E-state index is -1.20. The Kier molecular flexibility index (Phi) is 4.22. The molecule has 1 fully saturated rings. The van der Waals surface area contributed by atoms with E-state index in [-0.39, 0.29) is 17.3 Å². The summed E-state index contributed by atoms with van der Waals surface area (Å²) in [6, 6.07) is 2.84. The number of nitrogens with zero attached hydrogens (tertiary/aromatic N) is 1. The van der Waals surface area contributed by atoms with Gasteiger partial charge in [0.2, 0.25) is 0 Å². The van der Waals surface area contributed by atoms with Crippen molar-refractivity contribution < 1.29 is 19.1 Å². The molecule has 0 aromatic heterocycles. The van der Waals surface area contributed by atoms with Gasteiger partial charge in [0.05, 0.1) is 11.3 Å². The number of carboxylic acids is 1. The number of benzene rings is 1. The third-order valence-electron chi connectivity index (χ3n) is 3.52. The van der Waals surface area contributed by atoms with Crippen LogP contribution in [0.4, 0.5) is 14.9 Å². The predicted molar refractivity (Wildman–Crippen MR) is 72.3 cm³/mol. The molecular weight excluding hydrogens is 263 g/mol. The molecule has 108 valence electrons. The van der Waals surface area contributed by atoms with Crippen molar-refractivity contribution in [3.8, 4) is 0 Å². The molecule has 0 bridgehead atoms. The quantitative estimate of drug-likeness (QED) is 0.875. The van der Waals surface area contributed by atoms with Gasteiger partial charge in [-0.25, -0.2) is 14.0 Å². The van der Waals surface area contributed by atoms with Crippen molar-refractivity contribution in [2.24, 2.45) is 5.92 Å². The number of rotatable bonds is 2. The van der Waals surface area contributed by atoms with E-state index in [1.807, 2.05) is 0 Å². The molecule has 1 heterocycles. The minimum Gasteiger partial charge on any atom is -0.478 e. The molecule has 1 saturated heterocycles. The maximum atomic E-state index is 13.2. The fourth-order valence-corrected chi connectivity index (χ4v) is 2.21. The van der Waals surface area contributed by atoms with Crippen LogP contribution in [0.5, 0.6) is 0 Å². The van der Waals surface area contributed by atoms with Crippen LogP contribution in [0.25, 0.3) is 0 Å². The summed E-state index contributed by atoms with van der Waals surface area (Å²) in [6.45, 7) is 3.39. The largest absolute Gasteiger partial charge is 0.478 e. The number of hydrogen-bond acceptors (Lipinski definition) is 2. The average molecular weight is 280 g/mol. The fourth-order valence-electron chi connectivity index (χ4n) is 2.21. The lowest BCUT2D eigenvalue weighted by Gasteiger charge is -2.30. The van der Waals surface area contributed by atoms with Crippen LogP contribution in [0.3, 0.4) is 0 Å². The molecule has 0 saturated carbocycles. The highest BCUT2D eigenvalue weighted by atomic mass is 19.1. The molecule has 2 rings (SSSR count). The molecule has 20 heavy (non-hydrogen) atoms. The normalized spacial score (nSPS) is 16.0. The van der Waals surface area contributed by atoms with E-state index in [4.69, 9.17) is 5.11 Å². The van der Waals surface area contributed by atoms with E-state index in [0.29, 0.717) is 19.0 Å². The Labute approximate surface area is 116 Å². The van der Waals surface area contributed by atoms with Gasteiger partial charge >= 0.3 is 12.0 Å². The number of aromatic carboxylic acids is 1. The Hall–Kier alpha value is -2.11. The van der Waals surface area contributed by atoms with Gasteiger partial charge < -0.3 is 15.3 Å². The zero-order chi connectivity index (χ0) is 14.7. The molecule has 0 spiro atoms. The number of halogens is 1. The van der Waals surface area contributed by atoms with Gasteiger partial charge in [0.15, 0.2) is 0 Å². The van der Waals surface area contributed by atoms with E-state index in [0.717, 1.165) is 31.0 Å². The van der Waals surface area contributed by atoms with Gasteiger partial charge in [-0.05, 0) is 37.0 Å². The lowest BCUT2D eigenvalue weighted by atomic mass is 10.00. The minimum absolute atomic E-state index is 0.0129. The van der Waals surface area contributed by atoms with Crippen LogP contribution in [0.1, 0.15) is 30.1 Å². The number of hydrogen-bond donors (Lipinski definition) is 2. The van der Waals surface area contributed by atoms with Crippen molar-refractivity contribution in [2.45, 2.75) is 19.8 Å². The Morgan fingerprint density at radius 1 is 1.35 bits per heavy atom. The number of carbonyl (C=O) groups excluding carboxylic acids is 1. The number of likely N-dealkylation sites (tertiary alicyclic amines) is 1. The second kappa shape index (κ2) is 5.90. The third kappa shape index (κ3) is 3.26. The van der Waals surface area contributed by atoms with Gasteiger partial charge in [-0.15, -0.1) is 0 Å². The fraction of sp³-hybridized carbons (Fsp3) is 0.429. The smallest absolute Gasteiger partial charge is 0.337 e. The van der Waals surface area contributed by atoms with Crippen molar-refractivity contribution in [1.29, 1.82) is 0 Å². The van der Waals surface area contributed by atoms with Gasteiger partial charge in [0, 0.05) is 13.1 Å². The molecule has 5 nitrogen and oxygen atoms in total. The summed E-state index contributed by atoms with van der Waals surface area (Å²) < 4.78 is 13.2. The zero-order valence-corrected chi connectivity index (χ0v) is 11.2. The van der Waals surface area contributed by atoms with Crippen molar-refractivity contribution >= 4 is 17.7 Å². The highest BCUT2D eigenvalue weighted by molar-refractivity contribution is 6.00. The van der Waals surface area contributed by atoms with E-state index >= 15 is 0 Å². The van der Waals surface area contributed by atoms with Gasteiger partial charge in [-0.2, -0.15) is 0 Å². The van der Waals surface area contributed by atoms with Crippen LogP contribution in [-0.4, -0.2) is 35.1 Å². The molecule has 2 N–H and O–H groups in total. The number of anilines is 1. The van der Waals surface area contributed by atoms with Crippen LogP contribution in [0.2, 0.25) is 0 Å². The first-order valence-corrected chi connectivity index (χ1v) is 6.56. The third-order valence-corrected chi connectivity index (χ3v) is 3.52. The van der Waals surface area contributed by atoms with Crippen molar-refractivity contribution in [2.75, 3.05) is 18.4 Å². The summed E-state index contributed by atoms with van der Waals surface area (Å²) in [6.07, 6.45) is 1.84. The summed E-state index contributed by atoms with van der Waals surface area (Å²) in [7, 11) is 0. The van der Waals surface area contributed by atoms with E-state index < -0.39 is 11.8 Å². The molecule has 0 atom stereocenters. The number of carbonyl (C=O) groups is 2. The second-order valence-electron chi connectivity index (χ2n) is 5.09. The SMILES string of the molecule is CC1CCN(C(=O)Nc2cc(F)ccc2C(=O)O)CC1. The monoisotopic (exact) mass is 280 g/mol. The summed E-state index contributed by atoms with van der Waals surface area (Å²) >= 11 is 0. The zero-order valence-electron chi connectivity index (χ0n) is 11.2. The maximum Gasteiger partial charge on any atom is 0.337 e. The number of urea groups is 1. The average Bonchev–Trinajstić information content (AvgIpc) is 2.39. The molecule has 6 heteroatoms. The van der Waals surface area contributed by atoms with Crippen LogP contribution in [-0.2, 0) is 0 Å². The summed E-state index contributed by atoms with van der Waals surface area (Å²) in [5, 5.41) is 11.5. The highest BCUT2D eigenvalue weighted by Crippen LogP contribution is 2.20. The van der Waals surface area contributed by atoms with Gasteiger partial charge in [0.1, 0.15) is 5.82 Å². The molecule has 1 aliphatic heterocycles. The summed E-state index contributed by atoms with van der Waals surface area (Å²) in [5.74, 6) is -1.20. The van der Waals surface area contributed by atoms with E-state index in [2.05, 4.69) is 12.2 Å². The second-order valence-corrected chi connectivity index (χ2v) is 5.09. The van der Waals surface area contributed by atoms with Crippen molar-refractivity contribution in [1.82, 2.24) is 4.90 Å². The number of piperidine rings is 1. The Morgan fingerprint density at radius 2 is 2.00 bits per heavy atom. The molecule has 1 aromatic rings. The van der Waals surface area contributed by atoms with Crippen LogP contribution in [0.15, 0.2) is 18.2 Å². The first-order chi connectivity index (χ1) is 9.47. The topological polar surface area (TPSA) is 69.6 Å². The van der Waals surface area contributed by atoms with E-state index in [1.165, 1.54) is 0 Å². The molecule has 1 aromatic carbocycles. The Morgan fingerprint density at radius 3 is 2.60 bits per heavy atom. The van der Waals surface area contributed by atoms with Crippen molar-refractivity contribution in [3.05, 3.63) is 29.6 Å².